The van der Waals surface area contributed by atoms with Gasteiger partial charge >= 0.3 is 0 Å². The molecule has 0 saturated carbocycles. The fourth-order valence-corrected chi connectivity index (χ4v) is 1.98. The molecule has 1 amide bonds. The van der Waals surface area contributed by atoms with Crippen LogP contribution in [0.3, 0.4) is 0 Å². The van der Waals surface area contributed by atoms with E-state index in [1.54, 1.807) is 6.20 Å². The molecule has 1 aromatic carbocycles. The Bertz CT molecular complexity index is 596. The lowest BCUT2D eigenvalue weighted by atomic mass is 10.1. The number of nitrogens with one attached hydrogen (secondary N) is 2. The molecule has 0 fully saturated rings. The first-order chi connectivity index (χ1) is 10.1. The predicted octanol–water partition coefficient (Wildman–Crippen LogP) is 2.82. The second-order valence-electron chi connectivity index (χ2n) is 5.14. The van der Waals surface area contributed by atoms with E-state index in [1.807, 2.05) is 43.5 Å². The number of carbonyl (C=O) groups excluding carboxylic acids is 1. The average Bonchev–Trinajstić information content (AvgIpc) is 2.49. The number of carbonyl (C=O) groups is 1. The maximum Gasteiger partial charge on any atom is 0.225 e. The van der Waals surface area contributed by atoms with Crippen LogP contribution < -0.4 is 10.6 Å². The van der Waals surface area contributed by atoms with E-state index in [2.05, 4.69) is 22.5 Å². The number of pyridine rings is 1. The zero-order chi connectivity index (χ0) is 15.1. The number of anilines is 1. The molecule has 0 bridgehead atoms. The Kier molecular flexibility index (Phi) is 5.46. The molecule has 1 aromatic heterocycles. The van der Waals surface area contributed by atoms with Crippen molar-refractivity contribution in [2.24, 2.45) is 0 Å². The first-order valence-electron chi connectivity index (χ1n) is 7.12. The predicted molar refractivity (Wildman–Crippen MR) is 85.1 cm³/mol. The third kappa shape index (κ3) is 5.00. The summed E-state index contributed by atoms with van der Waals surface area (Å²) in [6.07, 6.45) is 4.02. The van der Waals surface area contributed by atoms with E-state index in [0.717, 1.165) is 17.8 Å². The number of benzene rings is 1. The Morgan fingerprint density at radius 2 is 2.05 bits per heavy atom. The van der Waals surface area contributed by atoms with Crippen LogP contribution in [0.1, 0.15) is 23.1 Å². The van der Waals surface area contributed by atoms with Crippen LogP contribution in [0.4, 0.5) is 5.69 Å². The maximum absolute atomic E-state index is 11.9. The molecule has 0 spiro atoms. The van der Waals surface area contributed by atoms with E-state index in [9.17, 15) is 4.79 Å². The molecule has 0 atom stereocenters. The van der Waals surface area contributed by atoms with Crippen LogP contribution in [0, 0.1) is 13.8 Å². The fourth-order valence-electron chi connectivity index (χ4n) is 1.98. The Labute approximate surface area is 125 Å². The second kappa shape index (κ2) is 7.55. The van der Waals surface area contributed by atoms with Gasteiger partial charge in [-0.3, -0.25) is 9.78 Å². The van der Waals surface area contributed by atoms with Crippen molar-refractivity contribution in [2.45, 2.75) is 26.8 Å². The molecule has 0 aliphatic rings. The van der Waals surface area contributed by atoms with Gasteiger partial charge in [0, 0.05) is 37.6 Å². The molecule has 110 valence electrons. The van der Waals surface area contributed by atoms with E-state index in [4.69, 9.17) is 0 Å². The lowest BCUT2D eigenvalue weighted by Crippen LogP contribution is -2.21. The van der Waals surface area contributed by atoms with Crippen LogP contribution in [0.5, 0.6) is 0 Å². The Hall–Kier alpha value is -2.20. The molecule has 0 aliphatic heterocycles. The van der Waals surface area contributed by atoms with Crippen molar-refractivity contribution < 1.29 is 4.79 Å². The van der Waals surface area contributed by atoms with Gasteiger partial charge in [0.1, 0.15) is 0 Å². The number of rotatable bonds is 6. The number of amides is 1. The Morgan fingerprint density at radius 1 is 1.19 bits per heavy atom. The summed E-state index contributed by atoms with van der Waals surface area (Å²) in [4.78, 5) is 15.9. The van der Waals surface area contributed by atoms with Crippen molar-refractivity contribution in [2.75, 3.05) is 11.9 Å². The highest BCUT2D eigenvalue weighted by molar-refractivity contribution is 5.90. The number of aromatic nitrogens is 1. The standard InChI is InChI=1S/C17H21N3O/c1-13-5-6-16(10-14(13)2)20-17(21)7-9-19-12-15-4-3-8-18-11-15/h3-6,8,10-11,19H,7,9,12H2,1-2H3,(H,20,21). The summed E-state index contributed by atoms with van der Waals surface area (Å²) in [5, 5.41) is 6.16. The van der Waals surface area contributed by atoms with E-state index < -0.39 is 0 Å². The number of hydrogen-bond acceptors (Lipinski definition) is 3. The van der Waals surface area contributed by atoms with Gasteiger partial charge in [0.2, 0.25) is 5.91 Å². The van der Waals surface area contributed by atoms with Crippen molar-refractivity contribution in [1.29, 1.82) is 0 Å². The summed E-state index contributed by atoms with van der Waals surface area (Å²) in [7, 11) is 0. The summed E-state index contributed by atoms with van der Waals surface area (Å²) >= 11 is 0. The lowest BCUT2D eigenvalue weighted by molar-refractivity contribution is -0.116. The zero-order valence-electron chi connectivity index (χ0n) is 12.5. The van der Waals surface area contributed by atoms with Crippen molar-refractivity contribution in [3.63, 3.8) is 0 Å². The van der Waals surface area contributed by atoms with Crippen LogP contribution in [0.15, 0.2) is 42.7 Å². The van der Waals surface area contributed by atoms with Crippen molar-refractivity contribution >= 4 is 11.6 Å². The molecule has 0 aliphatic carbocycles. The first-order valence-corrected chi connectivity index (χ1v) is 7.12. The Balaban J connectivity index is 1.71. The normalized spacial score (nSPS) is 10.4. The monoisotopic (exact) mass is 283 g/mol. The van der Waals surface area contributed by atoms with E-state index in [0.29, 0.717) is 13.0 Å². The van der Waals surface area contributed by atoms with Crippen LogP contribution >= 0.6 is 0 Å². The minimum atomic E-state index is 0.0249. The van der Waals surface area contributed by atoms with Crippen LogP contribution in [0.2, 0.25) is 0 Å². The number of aryl methyl sites for hydroxylation is 2. The highest BCUT2D eigenvalue weighted by Crippen LogP contribution is 2.14. The van der Waals surface area contributed by atoms with Crippen molar-refractivity contribution in [3.05, 3.63) is 59.4 Å². The molecule has 21 heavy (non-hydrogen) atoms. The zero-order valence-corrected chi connectivity index (χ0v) is 12.5. The smallest absolute Gasteiger partial charge is 0.225 e. The maximum atomic E-state index is 11.9. The topological polar surface area (TPSA) is 54.0 Å². The van der Waals surface area contributed by atoms with E-state index >= 15 is 0 Å². The minimum Gasteiger partial charge on any atom is -0.326 e. The summed E-state index contributed by atoms with van der Waals surface area (Å²) in [6.45, 7) is 5.47. The molecule has 2 aromatic rings. The van der Waals surface area contributed by atoms with Crippen LogP contribution in [-0.4, -0.2) is 17.4 Å². The van der Waals surface area contributed by atoms with Gasteiger partial charge in [-0.2, -0.15) is 0 Å². The lowest BCUT2D eigenvalue weighted by Gasteiger charge is -2.08. The van der Waals surface area contributed by atoms with Gasteiger partial charge < -0.3 is 10.6 Å². The van der Waals surface area contributed by atoms with Crippen molar-refractivity contribution in [1.82, 2.24) is 10.3 Å². The van der Waals surface area contributed by atoms with Gasteiger partial charge in [0.15, 0.2) is 0 Å². The highest BCUT2D eigenvalue weighted by Gasteiger charge is 2.03. The van der Waals surface area contributed by atoms with Gasteiger partial charge in [0.05, 0.1) is 0 Å². The number of hydrogen-bond donors (Lipinski definition) is 2. The molecule has 2 N–H and O–H groups in total. The quantitative estimate of drug-likeness (QED) is 0.802. The summed E-state index contributed by atoms with van der Waals surface area (Å²) < 4.78 is 0. The van der Waals surface area contributed by atoms with Gasteiger partial charge in [-0.25, -0.2) is 0 Å². The average molecular weight is 283 g/mol. The third-order valence-corrected chi connectivity index (χ3v) is 3.37. The van der Waals surface area contributed by atoms with Crippen molar-refractivity contribution in [3.8, 4) is 0 Å². The number of nitrogens with zero attached hydrogens (tertiary/aromatic N) is 1. The second-order valence-corrected chi connectivity index (χ2v) is 5.14. The first kappa shape index (κ1) is 15.2. The summed E-state index contributed by atoms with van der Waals surface area (Å²) in [6, 6.07) is 9.86. The van der Waals surface area contributed by atoms with Gasteiger partial charge in [-0.15, -0.1) is 0 Å². The van der Waals surface area contributed by atoms with Gasteiger partial charge in [0.25, 0.3) is 0 Å². The molecule has 4 heteroatoms. The fraction of sp³-hybridized carbons (Fsp3) is 0.294. The minimum absolute atomic E-state index is 0.0249. The molecule has 1 heterocycles. The summed E-state index contributed by atoms with van der Waals surface area (Å²) in [5.74, 6) is 0.0249. The summed E-state index contributed by atoms with van der Waals surface area (Å²) in [5.41, 5.74) is 4.39. The van der Waals surface area contributed by atoms with Crippen LogP contribution in [-0.2, 0) is 11.3 Å². The highest BCUT2D eigenvalue weighted by atomic mass is 16.1. The van der Waals surface area contributed by atoms with E-state index in [1.165, 1.54) is 11.1 Å². The molecule has 4 nitrogen and oxygen atoms in total. The molecule has 0 radical (unpaired) electrons. The molecular formula is C17H21N3O. The Morgan fingerprint density at radius 3 is 2.76 bits per heavy atom. The molecule has 2 rings (SSSR count). The van der Waals surface area contributed by atoms with Gasteiger partial charge in [-0.1, -0.05) is 12.1 Å². The molecular weight excluding hydrogens is 262 g/mol. The third-order valence-electron chi connectivity index (χ3n) is 3.37. The molecule has 0 saturated heterocycles. The SMILES string of the molecule is Cc1ccc(NC(=O)CCNCc2cccnc2)cc1C. The van der Waals surface area contributed by atoms with Gasteiger partial charge in [-0.05, 0) is 48.7 Å². The van der Waals surface area contributed by atoms with Crippen LogP contribution in [0.25, 0.3) is 0 Å². The largest absolute Gasteiger partial charge is 0.326 e. The molecule has 0 unspecified atom stereocenters. The van der Waals surface area contributed by atoms with E-state index in [-0.39, 0.29) is 5.91 Å².